The van der Waals surface area contributed by atoms with Gasteiger partial charge in [0.1, 0.15) is 5.82 Å². The summed E-state index contributed by atoms with van der Waals surface area (Å²) in [6, 6.07) is 13.1. The van der Waals surface area contributed by atoms with Crippen molar-refractivity contribution >= 4 is 17.7 Å². The maximum Gasteiger partial charge on any atom is 0.251 e. The van der Waals surface area contributed by atoms with E-state index in [-0.39, 0.29) is 23.2 Å². The molecular formula is C23H26FNO. The quantitative estimate of drug-likeness (QED) is 0.654. The molecule has 0 spiro atoms. The van der Waals surface area contributed by atoms with Crippen molar-refractivity contribution in [2.24, 2.45) is 0 Å². The monoisotopic (exact) mass is 351 g/mol. The Labute approximate surface area is 155 Å². The molecule has 26 heavy (non-hydrogen) atoms. The van der Waals surface area contributed by atoms with E-state index in [1.807, 2.05) is 25.1 Å². The minimum absolute atomic E-state index is 0.0649. The zero-order valence-corrected chi connectivity index (χ0v) is 15.9. The van der Waals surface area contributed by atoms with Crippen molar-refractivity contribution in [1.82, 2.24) is 0 Å². The molecule has 0 N–H and O–H groups in total. The fraction of sp³-hybridized carbons (Fsp3) is 0.348. The Kier molecular flexibility index (Phi) is 4.99. The number of hydrogen-bond donors (Lipinski definition) is 0. The highest BCUT2D eigenvalue weighted by atomic mass is 19.1. The summed E-state index contributed by atoms with van der Waals surface area (Å²) < 4.78 is 13.5. The fourth-order valence-corrected chi connectivity index (χ4v) is 3.40. The first kappa shape index (κ1) is 18.4. The van der Waals surface area contributed by atoms with Crippen molar-refractivity contribution in [1.29, 1.82) is 0 Å². The van der Waals surface area contributed by atoms with E-state index in [1.165, 1.54) is 17.7 Å². The van der Waals surface area contributed by atoms with E-state index in [1.54, 1.807) is 17.0 Å². The Hall–Kier alpha value is -2.42. The molecule has 1 aliphatic heterocycles. The zero-order chi connectivity index (χ0) is 18.9. The molecule has 0 saturated heterocycles. The molecule has 1 unspecified atom stereocenters. The van der Waals surface area contributed by atoms with Gasteiger partial charge in [-0.1, -0.05) is 45.0 Å². The number of rotatable bonds is 2. The van der Waals surface area contributed by atoms with E-state index in [0.29, 0.717) is 0 Å². The van der Waals surface area contributed by atoms with Gasteiger partial charge < -0.3 is 4.90 Å². The number of nitrogens with zero attached hydrogens (tertiary/aromatic N) is 1. The first-order chi connectivity index (χ1) is 12.3. The van der Waals surface area contributed by atoms with Gasteiger partial charge >= 0.3 is 0 Å². The van der Waals surface area contributed by atoms with Crippen molar-refractivity contribution in [3.8, 4) is 0 Å². The van der Waals surface area contributed by atoms with Gasteiger partial charge in [0.05, 0.1) is 0 Å². The van der Waals surface area contributed by atoms with Gasteiger partial charge in [-0.2, -0.15) is 0 Å². The Morgan fingerprint density at radius 3 is 2.50 bits per heavy atom. The molecule has 136 valence electrons. The largest absolute Gasteiger partial charge is 0.306 e. The standard InChI is InChI=1S/C23H26FNO/c1-16-5-9-18-15-20(24)12-13-21(18)25(16)22(26)14-8-17-6-10-19(11-7-17)23(2,3)4/h6-8,10-16H,5,9H2,1-4H3/b14-8+. The van der Waals surface area contributed by atoms with Gasteiger partial charge in [-0.3, -0.25) is 4.79 Å². The minimum atomic E-state index is -0.250. The van der Waals surface area contributed by atoms with Crippen molar-refractivity contribution in [3.63, 3.8) is 0 Å². The fourth-order valence-electron chi connectivity index (χ4n) is 3.40. The summed E-state index contributed by atoms with van der Waals surface area (Å²) in [5, 5.41) is 0. The van der Waals surface area contributed by atoms with E-state index in [2.05, 4.69) is 32.9 Å². The lowest BCUT2D eigenvalue weighted by molar-refractivity contribution is -0.114. The molecule has 3 heteroatoms. The van der Waals surface area contributed by atoms with Crippen LogP contribution in [0.1, 0.15) is 50.8 Å². The Balaban J connectivity index is 1.80. The predicted octanol–water partition coefficient (Wildman–Crippen LogP) is 5.50. The van der Waals surface area contributed by atoms with E-state index < -0.39 is 0 Å². The lowest BCUT2D eigenvalue weighted by atomic mass is 9.87. The van der Waals surface area contributed by atoms with Gasteiger partial charge in [-0.15, -0.1) is 0 Å². The number of carbonyl (C=O) groups is 1. The molecule has 0 aromatic heterocycles. The second-order valence-electron chi connectivity index (χ2n) is 8.07. The topological polar surface area (TPSA) is 20.3 Å². The normalized spacial score (nSPS) is 17.4. The lowest BCUT2D eigenvalue weighted by Gasteiger charge is -2.34. The number of fused-ring (bicyclic) bond motifs is 1. The maximum atomic E-state index is 13.5. The molecule has 1 atom stereocenters. The van der Waals surface area contributed by atoms with Gasteiger partial charge in [0.2, 0.25) is 0 Å². The Morgan fingerprint density at radius 2 is 1.85 bits per heavy atom. The van der Waals surface area contributed by atoms with Crippen LogP contribution in [0.15, 0.2) is 48.5 Å². The molecule has 0 bridgehead atoms. The first-order valence-electron chi connectivity index (χ1n) is 9.16. The molecule has 2 aromatic carbocycles. The lowest BCUT2D eigenvalue weighted by Crippen LogP contribution is -2.41. The molecule has 0 radical (unpaired) electrons. The molecule has 2 nitrogen and oxygen atoms in total. The van der Waals surface area contributed by atoms with E-state index in [9.17, 15) is 9.18 Å². The first-order valence-corrected chi connectivity index (χ1v) is 9.16. The summed E-state index contributed by atoms with van der Waals surface area (Å²) >= 11 is 0. The van der Waals surface area contributed by atoms with Crippen LogP contribution in [-0.4, -0.2) is 11.9 Å². The number of benzene rings is 2. The van der Waals surface area contributed by atoms with E-state index >= 15 is 0 Å². The molecule has 0 saturated carbocycles. The van der Waals surface area contributed by atoms with Gasteiger partial charge in [0, 0.05) is 17.8 Å². The molecule has 1 aliphatic rings. The van der Waals surface area contributed by atoms with Crippen molar-refractivity contribution in [2.45, 2.75) is 52.0 Å². The van der Waals surface area contributed by atoms with Gasteiger partial charge in [0.25, 0.3) is 5.91 Å². The van der Waals surface area contributed by atoms with Crippen LogP contribution in [0.4, 0.5) is 10.1 Å². The highest BCUT2D eigenvalue weighted by molar-refractivity contribution is 6.05. The highest BCUT2D eigenvalue weighted by Gasteiger charge is 2.27. The Bertz CT molecular complexity index is 830. The van der Waals surface area contributed by atoms with E-state index in [0.717, 1.165) is 29.7 Å². The van der Waals surface area contributed by atoms with Crippen LogP contribution in [0.25, 0.3) is 6.08 Å². The van der Waals surface area contributed by atoms with Crippen LogP contribution in [0.3, 0.4) is 0 Å². The second kappa shape index (κ2) is 7.06. The van der Waals surface area contributed by atoms with Gasteiger partial charge in [-0.25, -0.2) is 4.39 Å². The van der Waals surface area contributed by atoms with E-state index in [4.69, 9.17) is 0 Å². The van der Waals surface area contributed by atoms with Gasteiger partial charge in [-0.05, 0) is 66.1 Å². The number of anilines is 1. The molecule has 1 amide bonds. The second-order valence-corrected chi connectivity index (χ2v) is 8.07. The number of hydrogen-bond acceptors (Lipinski definition) is 1. The highest BCUT2D eigenvalue weighted by Crippen LogP contribution is 2.31. The third-order valence-corrected chi connectivity index (χ3v) is 5.01. The molecule has 0 aliphatic carbocycles. The number of amides is 1. The van der Waals surface area contributed by atoms with Crippen molar-refractivity contribution in [3.05, 3.63) is 71.0 Å². The summed E-state index contributed by atoms with van der Waals surface area (Å²) in [5.41, 5.74) is 4.10. The predicted molar refractivity (Wildman–Crippen MR) is 106 cm³/mol. The molecule has 0 fully saturated rings. The molecule has 3 rings (SSSR count). The average Bonchev–Trinajstić information content (AvgIpc) is 2.59. The summed E-state index contributed by atoms with van der Waals surface area (Å²) in [6.07, 6.45) is 5.10. The smallest absolute Gasteiger partial charge is 0.251 e. The molecular weight excluding hydrogens is 325 g/mol. The van der Waals surface area contributed by atoms with Crippen LogP contribution in [0.2, 0.25) is 0 Å². The average molecular weight is 351 g/mol. The van der Waals surface area contributed by atoms with Crippen molar-refractivity contribution < 1.29 is 9.18 Å². The summed E-state index contributed by atoms with van der Waals surface area (Å²) in [5.74, 6) is -0.315. The van der Waals surface area contributed by atoms with Crippen LogP contribution >= 0.6 is 0 Å². The number of aryl methyl sites for hydroxylation is 1. The maximum absolute atomic E-state index is 13.5. The summed E-state index contributed by atoms with van der Waals surface area (Å²) in [6.45, 7) is 8.58. The van der Waals surface area contributed by atoms with Crippen LogP contribution < -0.4 is 4.90 Å². The van der Waals surface area contributed by atoms with Gasteiger partial charge in [0.15, 0.2) is 0 Å². The Morgan fingerprint density at radius 1 is 1.15 bits per heavy atom. The van der Waals surface area contributed by atoms with Crippen LogP contribution in [0.5, 0.6) is 0 Å². The zero-order valence-electron chi connectivity index (χ0n) is 15.9. The SMILES string of the molecule is CC1CCc2cc(F)ccc2N1C(=O)/C=C/c1ccc(C(C)(C)C)cc1. The summed E-state index contributed by atoms with van der Waals surface area (Å²) in [4.78, 5) is 14.6. The summed E-state index contributed by atoms with van der Waals surface area (Å²) in [7, 11) is 0. The van der Waals surface area contributed by atoms with Crippen molar-refractivity contribution in [2.75, 3.05) is 4.90 Å². The molecule has 1 heterocycles. The molecule has 2 aromatic rings. The van der Waals surface area contributed by atoms with Crippen LogP contribution in [-0.2, 0) is 16.6 Å². The number of carbonyl (C=O) groups excluding carboxylic acids is 1. The minimum Gasteiger partial charge on any atom is -0.306 e. The van der Waals surface area contributed by atoms with Crippen LogP contribution in [0, 0.1) is 5.82 Å². The third kappa shape index (κ3) is 3.87. The number of halogens is 1. The third-order valence-electron chi connectivity index (χ3n) is 5.01.